The fourth-order valence-corrected chi connectivity index (χ4v) is 4.20. The largest absolute Gasteiger partial charge is 0.488 e. The summed E-state index contributed by atoms with van der Waals surface area (Å²) < 4.78 is 46.2. The number of barbiturate groups is 1. The first-order valence-corrected chi connectivity index (χ1v) is 11.9. The minimum atomic E-state index is -4.76. The summed E-state index contributed by atoms with van der Waals surface area (Å²) in [5, 5.41) is 2.15. The fourth-order valence-electron chi connectivity index (χ4n) is 3.43. The van der Waals surface area contributed by atoms with E-state index in [2.05, 4.69) is 15.9 Å². The predicted molar refractivity (Wildman–Crippen MR) is 135 cm³/mol. The van der Waals surface area contributed by atoms with Gasteiger partial charge in [0.05, 0.1) is 16.3 Å². The number of anilines is 1. The van der Waals surface area contributed by atoms with Crippen LogP contribution in [0.4, 0.5) is 23.7 Å². The number of carbonyl (C=O) groups excluding carboxylic acids is 3. The van der Waals surface area contributed by atoms with Gasteiger partial charge in [0.2, 0.25) is 0 Å². The first kappa shape index (κ1) is 26.7. The number of nitrogens with one attached hydrogen (secondary N) is 1. The fraction of sp³-hybridized carbons (Fsp3) is 0.0800. The third kappa shape index (κ3) is 5.82. The highest BCUT2D eigenvalue weighted by molar-refractivity contribution is 9.10. The number of ether oxygens (including phenoxy) is 1. The zero-order chi connectivity index (χ0) is 26.9. The topological polar surface area (TPSA) is 75.7 Å². The SMILES string of the molecule is O=C1NC(=O)N(c2cc(C(F)(F)F)ccc2Cl)C(=O)/C1=C\c1cc(Br)ccc1OCc1ccccc1Cl. The minimum absolute atomic E-state index is 0.0715. The summed E-state index contributed by atoms with van der Waals surface area (Å²) in [6, 6.07) is 12.8. The van der Waals surface area contributed by atoms with Gasteiger partial charge < -0.3 is 4.74 Å². The van der Waals surface area contributed by atoms with Gasteiger partial charge in [-0.2, -0.15) is 13.2 Å². The van der Waals surface area contributed by atoms with E-state index in [1.54, 1.807) is 42.5 Å². The van der Waals surface area contributed by atoms with Crippen LogP contribution in [0.2, 0.25) is 10.0 Å². The van der Waals surface area contributed by atoms with Crippen molar-refractivity contribution in [1.82, 2.24) is 5.32 Å². The van der Waals surface area contributed by atoms with Crippen molar-refractivity contribution in [2.24, 2.45) is 0 Å². The molecule has 4 amide bonds. The lowest BCUT2D eigenvalue weighted by atomic mass is 10.1. The zero-order valence-corrected chi connectivity index (χ0v) is 21.5. The van der Waals surface area contributed by atoms with Crippen molar-refractivity contribution >= 4 is 68.7 Å². The summed E-state index contributed by atoms with van der Waals surface area (Å²) in [5.41, 5.74) is -1.20. The second-order valence-electron chi connectivity index (χ2n) is 7.68. The van der Waals surface area contributed by atoms with Gasteiger partial charge in [0.15, 0.2) is 0 Å². The van der Waals surface area contributed by atoms with Crippen LogP contribution in [-0.2, 0) is 22.4 Å². The smallest absolute Gasteiger partial charge is 0.416 e. The predicted octanol–water partition coefficient (Wildman–Crippen LogP) is 7.02. The first-order valence-electron chi connectivity index (χ1n) is 10.4. The van der Waals surface area contributed by atoms with Crippen LogP contribution in [0.3, 0.4) is 0 Å². The van der Waals surface area contributed by atoms with Crippen LogP contribution < -0.4 is 15.0 Å². The van der Waals surface area contributed by atoms with E-state index in [9.17, 15) is 27.6 Å². The van der Waals surface area contributed by atoms with Gasteiger partial charge in [-0.05, 0) is 48.5 Å². The third-order valence-electron chi connectivity index (χ3n) is 5.23. The van der Waals surface area contributed by atoms with Gasteiger partial charge in [-0.3, -0.25) is 14.9 Å². The van der Waals surface area contributed by atoms with Crippen molar-refractivity contribution in [2.75, 3.05) is 4.90 Å². The molecular formula is C25H14BrCl2F3N2O4. The molecule has 1 aliphatic heterocycles. The van der Waals surface area contributed by atoms with E-state index in [4.69, 9.17) is 27.9 Å². The standard InChI is InChI=1S/C25H14BrCl2F3N2O4/c26-16-6-8-21(37-12-13-3-1-2-4-18(13)27)14(9-16)10-17-22(34)32-24(36)33(23(17)35)20-11-15(25(29,30)31)5-7-19(20)28/h1-11H,12H2,(H,32,34,36)/b17-10-. The van der Waals surface area contributed by atoms with Gasteiger partial charge >= 0.3 is 12.2 Å². The van der Waals surface area contributed by atoms with Crippen LogP contribution in [0.5, 0.6) is 5.75 Å². The van der Waals surface area contributed by atoms with Crippen LogP contribution in [0, 0.1) is 0 Å². The number of carbonyl (C=O) groups is 3. The highest BCUT2D eigenvalue weighted by atomic mass is 79.9. The van der Waals surface area contributed by atoms with E-state index in [0.717, 1.165) is 6.07 Å². The number of hydrogen-bond donors (Lipinski definition) is 1. The Morgan fingerprint density at radius 2 is 1.70 bits per heavy atom. The van der Waals surface area contributed by atoms with E-state index >= 15 is 0 Å². The van der Waals surface area contributed by atoms with E-state index in [-0.39, 0.29) is 22.9 Å². The van der Waals surface area contributed by atoms with E-state index in [0.29, 0.717) is 32.1 Å². The van der Waals surface area contributed by atoms with Crippen molar-refractivity contribution in [2.45, 2.75) is 12.8 Å². The molecule has 4 rings (SSSR count). The Labute approximate surface area is 226 Å². The average molecular weight is 614 g/mol. The Kier molecular flexibility index (Phi) is 7.63. The Morgan fingerprint density at radius 3 is 2.41 bits per heavy atom. The molecule has 0 unspecified atom stereocenters. The number of imide groups is 2. The summed E-state index contributed by atoms with van der Waals surface area (Å²) in [7, 11) is 0. The summed E-state index contributed by atoms with van der Waals surface area (Å²) >= 11 is 15.5. The molecule has 0 aliphatic carbocycles. The summed E-state index contributed by atoms with van der Waals surface area (Å²) in [6.07, 6.45) is -3.58. The summed E-state index contributed by atoms with van der Waals surface area (Å²) in [4.78, 5) is 38.7. The first-order chi connectivity index (χ1) is 17.5. The number of rotatable bonds is 5. The molecule has 1 heterocycles. The molecule has 0 saturated carbocycles. The number of halogens is 6. The molecule has 12 heteroatoms. The molecule has 0 spiro atoms. The second kappa shape index (κ2) is 10.6. The third-order valence-corrected chi connectivity index (χ3v) is 6.41. The molecule has 1 N–H and O–H groups in total. The minimum Gasteiger partial charge on any atom is -0.488 e. The molecule has 0 aromatic heterocycles. The second-order valence-corrected chi connectivity index (χ2v) is 9.41. The highest BCUT2D eigenvalue weighted by Gasteiger charge is 2.39. The number of hydrogen-bond acceptors (Lipinski definition) is 4. The van der Waals surface area contributed by atoms with Crippen LogP contribution >= 0.6 is 39.1 Å². The molecular weight excluding hydrogens is 600 g/mol. The highest BCUT2D eigenvalue weighted by Crippen LogP contribution is 2.37. The summed E-state index contributed by atoms with van der Waals surface area (Å²) in [5.74, 6) is -1.92. The van der Waals surface area contributed by atoms with E-state index < -0.39 is 40.8 Å². The molecule has 0 radical (unpaired) electrons. The Bertz CT molecular complexity index is 1460. The molecule has 0 atom stereocenters. The molecule has 190 valence electrons. The number of amides is 4. The van der Waals surface area contributed by atoms with Gasteiger partial charge in [0.25, 0.3) is 11.8 Å². The molecule has 1 saturated heterocycles. The van der Waals surface area contributed by atoms with Gasteiger partial charge in [-0.15, -0.1) is 0 Å². The maximum absolute atomic E-state index is 13.3. The Balaban J connectivity index is 1.72. The van der Waals surface area contributed by atoms with Crippen molar-refractivity contribution in [3.05, 3.63) is 97.4 Å². The zero-order valence-electron chi connectivity index (χ0n) is 18.4. The van der Waals surface area contributed by atoms with Crippen molar-refractivity contribution < 1.29 is 32.3 Å². The molecule has 37 heavy (non-hydrogen) atoms. The van der Waals surface area contributed by atoms with Crippen molar-refractivity contribution in [3.8, 4) is 5.75 Å². The van der Waals surface area contributed by atoms with Crippen molar-refractivity contribution in [3.63, 3.8) is 0 Å². The van der Waals surface area contributed by atoms with Gasteiger partial charge in [-0.1, -0.05) is 57.3 Å². The average Bonchev–Trinajstić information content (AvgIpc) is 2.82. The lowest BCUT2D eigenvalue weighted by molar-refractivity contribution is -0.137. The molecule has 3 aromatic rings. The van der Waals surface area contributed by atoms with E-state index in [1.807, 2.05) is 5.32 Å². The van der Waals surface area contributed by atoms with Crippen LogP contribution in [-0.4, -0.2) is 17.8 Å². The maximum Gasteiger partial charge on any atom is 0.416 e. The normalized spacial score (nSPS) is 15.2. The lowest BCUT2D eigenvalue weighted by Crippen LogP contribution is -2.54. The van der Waals surface area contributed by atoms with Crippen molar-refractivity contribution in [1.29, 1.82) is 0 Å². The van der Waals surface area contributed by atoms with Crippen LogP contribution in [0.15, 0.2) is 70.7 Å². The molecule has 1 aliphatic rings. The van der Waals surface area contributed by atoms with Crippen LogP contribution in [0.25, 0.3) is 6.08 Å². The Hall–Kier alpha value is -3.34. The number of alkyl halides is 3. The molecule has 6 nitrogen and oxygen atoms in total. The Morgan fingerprint density at radius 1 is 0.973 bits per heavy atom. The van der Waals surface area contributed by atoms with E-state index in [1.165, 1.54) is 6.08 Å². The van der Waals surface area contributed by atoms with Gasteiger partial charge in [0, 0.05) is 20.6 Å². The number of benzene rings is 3. The quantitative estimate of drug-likeness (QED) is 0.248. The maximum atomic E-state index is 13.3. The molecule has 3 aromatic carbocycles. The lowest BCUT2D eigenvalue weighted by Gasteiger charge is -2.27. The molecule has 0 bridgehead atoms. The summed E-state index contributed by atoms with van der Waals surface area (Å²) in [6.45, 7) is 0.0715. The van der Waals surface area contributed by atoms with Gasteiger partial charge in [-0.25, -0.2) is 9.69 Å². The molecule has 1 fully saturated rings. The van der Waals surface area contributed by atoms with Gasteiger partial charge in [0.1, 0.15) is 17.9 Å². The monoisotopic (exact) mass is 612 g/mol. The van der Waals surface area contributed by atoms with Crippen LogP contribution in [0.1, 0.15) is 16.7 Å². The number of nitrogens with zero attached hydrogens (tertiary/aromatic N) is 1. The number of urea groups is 1.